The Morgan fingerprint density at radius 1 is 1.26 bits per heavy atom. The van der Waals surface area contributed by atoms with Crippen molar-refractivity contribution in [2.24, 2.45) is 5.92 Å². The van der Waals surface area contributed by atoms with Crippen LogP contribution in [0.2, 0.25) is 0 Å². The van der Waals surface area contributed by atoms with Crippen molar-refractivity contribution in [2.45, 2.75) is 43.2 Å². The molecular weight excluding hydrogens is 278 g/mol. The summed E-state index contributed by atoms with van der Waals surface area (Å²) in [5.41, 5.74) is 0. The van der Waals surface area contributed by atoms with E-state index in [0.29, 0.717) is 16.4 Å². The Balaban J connectivity index is 1.75. The van der Waals surface area contributed by atoms with Crippen molar-refractivity contribution in [3.8, 4) is 0 Å². The van der Waals surface area contributed by atoms with Crippen molar-refractivity contribution in [1.82, 2.24) is 15.5 Å². The molecule has 0 radical (unpaired) electrons. The number of thioether (sulfide) groups is 2. The number of nitrogens with zero attached hydrogens (tertiary/aromatic N) is 2. The molecule has 0 spiro atoms. The van der Waals surface area contributed by atoms with E-state index in [1.807, 2.05) is 23.5 Å². The fraction of sp³-hybridized carbons (Fsp3) is 0.846. The molecule has 106 valence electrons. The predicted octanol–water partition coefficient (Wildman–Crippen LogP) is 3.04. The summed E-state index contributed by atoms with van der Waals surface area (Å²) in [6, 6.07) is 0.242. The number of hydrogen-bond acceptors (Lipinski definition) is 6. The number of nitrogens with one attached hydrogen (secondary N) is 1. The van der Waals surface area contributed by atoms with Gasteiger partial charge in [-0.05, 0) is 25.3 Å². The third kappa shape index (κ3) is 2.95. The lowest BCUT2D eigenvalue weighted by molar-refractivity contribution is 0.239. The Morgan fingerprint density at radius 2 is 2.11 bits per heavy atom. The van der Waals surface area contributed by atoms with Gasteiger partial charge in [0.15, 0.2) is 5.82 Å². The summed E-state index contributed by atoms with van der Waals surface area (Å²) >= 11 is 3.97. The highest BCUT2D eigenvalue weighted by Crippen LogP contribution is 2.41. The van der Waals surface area contributed by atoms with Crippen molar-refractivity contribution in [1.29, 1.82) is 0 Å². The van der Waals surface area contributed by atoms with Crippen LogP contribution in [0.4, 0.5) is 0 Å². The van der Waals surface area contributed by atoms with Crippen molar-refractivity contribution >= 4 is 23.5 Å². The zero-order valence-corrected chi connectivity index (χ0v) is 13.1. The fourth-order valence-electron chi connectivity index (χ4n) is 2.79. The lowest BCUT2D eigenvalue weighted by atomic mass is 9.93. The summed E-state index contributed by atoms with van der Waals surface area (Å²) in [6.07, 6.45) is 2.48. The zero-order chi connectivity index (χ0) is 13.2. The molecule has 1 N–H and O–H groups in total. The summed E-state index contributed by atoms with van der Waals surface area (Å²) in [4.78, 5) is 4.68. The van der Waals surface area contributed by atoms with Crippen LogP contribution in [0.3, 0.4) is 0 Å². The van der Waals surface area contributed by atoms with E-state index >= 15 is 0 Å². The third-order valence-corrected chi connectivity index (χ3v) is 7.02. The Kier molecular flexibility index (Phi) is 4.39. The minimum Gasteiger partial charge on any atom is -0.338 e. The van der Waals surface area contributed by atoms with Gasteiger partial charge < -0.3 is 9.84 Å². The molecule has 2 aliphatic heterocycles. The van der Waals surface area contributed by atoms with E-state index in [1.165, 1.54) is 24.3 Å². The molecule has 4 atom stereocenters. The maximum absolute atomic E-state index is 5.53. The van der Waals surface area contributed by atoms with Crippen LogP contribution in [-0.2, 0) is 0 Å². The normalized spacial score (nSPS) is 36.3. The topological polar surface area (TPSA) is 51.0 Å². The molecular formula is C13H21N3OS2. The molecule has 1 aromatic rings. The highest BCUT2D eigenvalue weighted by Gasteiger charge is 2.32. The van der Waals surface area contributed by atoms with Gasteiger partial charge in [0.1, 0.15) is 0 Å². The van der Waals surface area contributed by atoms with E-state index in [0.717, 1.165) is 18.3 Å². The largest absolute Gasteiger partial charge is 0.338 e. The van der Waals surface area contributed by atoms with Crippen molar-refractivity contribution < 1.29 is 4.52 Å². The SMILES string of the molecule is CC1CCCNC1c1nc(C2SCCSC2C)no1. The van der Waals surface area contributed by atoms with Gasteiger partial charge in [-0.1, -0.05) is 19.0 Å². The smallest absolute Gasteiger partial charge is 0.244 e. The number of aromatic nitrogens is 2. The minimum atomic E-state index is 0.242. The van der Waals surface area contributed by atoms with E-state index in [2.05, 4.69) is 29.3 Å². The van der Waals surface area contributed by atoms with Crippen LogP contribution in [0.1, 0.15) is 49.7 Å². The Morgan fingerprint density at radius 3 is 2.89 bits per heavy atom. The van der Waals surface area contributed by atoms with E-state index in [1.54, 1.807) is 0 Å². The molecule has 2 saturated heterocycles. The van der Waals surface area contributed by atoms with Crippen LogP contribution >= 0.6 is 23.5 Å². The predicted molar refractivity (Wildman–Crippen MR) is 80.6 cm³/mol. The molecule has 4 nitrogen and oxygen atoms in total. The number of rotatable bonds is 2. The first-order chi connectivity index (χ1) is 9.25. The van der Waals surface area contributed by atoms with Gasteiger partial charge in [-0.3, -0.25) is 0 Å². The van der Waals surface area contributed by atoms with Gasteiger partial charge in [0.25, 0.3) is 0 Å². The molecule has 4 unspecified atom stereocenters. The summed E-state index contributed by atoms with van der Waals surface area (Å²) in [6.45, 7) is 5.57. The quantitative estimate of drug-likeness (QED) is 0.906. The summed E-state index contributed by atoms with van der Waals surface area (Å²) in [5.74, 6) is 4.66. The Hall–Kier alpha value is -0.200. The second kappa shape index (κ2) is 6.06. The molecule has 2 aliphatic rings. The maximum Gasteiger partial charge on any atom is 0.244 e. The molecule has 0 aromatic carbocycles. The highest BCUT2D eigenvalue weighted by molar-refractivity contribution is 8.06. The third-order valence-electron chi connectivity index (χ3n) is 3.94. The zero-order valence-electron chi connectivity index (χ0n) is 11.5. The summed E-state index contributed by atoms with van der Waals surface area (Å²) in [5, 5.41) is 8.70. The molecule has 0 saturated carbocycles. The molecule has 6 heteroatoms. The number of hydrogen-bond donors (Lipinski definition) is 1. The van der Waals surface area contributed by atoms with Crippen LogP contribution in [0.15, 0.2) is 4.52 Å². The second-order valence-corrected chi connectivity index (χ2v) is 8.14. The van der Waals surface area contributed by atoms with Crippen LogP contribution < -0.4 is 5.32 Å². The van der Waals surface area contributed by atoms with Crippen molar-refractivity contribution in [2.75, 3.05) is 18.1 Å². The van der Waals surface area contributed by atoms with Crippen LogP contribution in [0.5, 0.6) is 0 Å². The monoisotopic (exact) mass is 299 g/mol. The highest BCUT2D eigenvalue weighted by atomic mass is 32.2. The average Bonchev–Trinajstić information content (AvgIpc) is 2.89. The van der Waals surface area contributed by atoms with Crippen LogP contribution in [0, 0.1) is 5.92 Å². The standard InChI is InChI=1S/C13H21N3OS2/c1-8-4-3-5-14-10(8)13-15-12(16-17-13)11-9(2)18-6-7-19-11/h8-11,14H,3-7H2,1-2H3. The molecule has 3 rings (SSSR count). The number of piperidine rings is 1. The van der Waals surface area contributed by atoms with Gasteiger partial charge in [0.2, 0.25) is 5.89 Å². The Bertz CT molecular complexity index is 389. The average molecular weight is 299 g/mol. The van der Waals surface area contributed by atoms with E-state index < -0.39 is 0 Å². The van der Waals surface area contributed by atoms with Gasteiger partial charge >= 0.3 is 0 Å². The van der Waals surface area contributed by atoms with Gasteiger partial charge in [0, 0.05) is 16.8 Å². The van der Waals surface area contributed by atoms with E-state index in [-0.39, 0.29) is 6.04 Å². The fourth-order valence-corrected chi connectivity index (χ4v) is 5.47. The lowest BCUT2D eigenvalue weighted by Crippen LogP contribution is -2.33. The molecule has 0 amide bonds. The molecule has 1 aromatic heterocycles. The first kappa shape index (κ1) is 13.8. The molecule has 0 bridgehead atoms. The van der Waals surface area contributed by atoms with E-state index in [9.17, 15) is 0 Å². The van der Waals surface area contributed by atoms with Crippen molar-refractivity contribution in [3.05, 3.63) is 11.7 Å². The molecule has 0 aliphatic carbocycles. The van der Waals surface area contributed by atoms with Crippen LogP contribution in [-0.4, -0.2) is 33.4 Å². The van der Waals surface area contributed by atoms with Gasteiger partial charge in [-0.15, -0.1) is 11.8 Å². The molecule has 3 heterocycles. The van der Waals surface area contributed by atoms with Gasteiger partial charge in [-0.25, -0.2) is 0 Å². The van der Waals surface area contributed by atoms with E-state index in [4.69, 9.17) is 4.52 Å². The summed E-state index contributed by atoms with van der Waals surface area (Å²) < 4.78 is 5.53. The minimum absolute atomic E-state index is 0.242. The molecule has 2 fully saturated rings. The van der Waals surface area contributed by atoms with Crippen molar-refractivity contribution in [3.63, 3.8) is 0 Å². The lowest BCUT2D eigenvalue weighted by Gasteiger charge is -2.27. The maximum atomic E-state index is 5.53. The van der Waals surface area contributed by atoms with Gasteiger partial charge in [0.05, 0.1) is 11.3 Å². The summed E-state index contributed by atoms with van der Waals surface area (Å²) in [7, 11) is 0. The first-order valence-corrected chi connectivity index (χ1v) is 9.15. The molecule has 19 heavy (non-hydrogen) atoms. The second-order valence-electron chi connectivity index (χ2n) is 5.41. The van der Waals surface area contributed by atoms with Crippen LogP contribution in [0.25, 0.3) is 0 Å². The first-order valence-electron chi connectivity index (χ1n) is 7.06. The Labute approximate surface area is 122 Å². The van der Waals surface area contributed by atoms with Gasteiger partial charge in [-0.2, -0.15) is 16.7 Å².